The van der Waals surface area contributed by atoms with Gasteiger partial charge in [-0.3, -0.25) is 13.9 Å². The Bertz CT molecular complexity index is 1410. The van der Waals surface area contributed by atoms with Crippen LogP contribution in [-0.4, -0.2) is 73.0 Å². The van der Waals surface area contributed by atoms with Crippen LogP contribution >= 0.6 is 19.3 Å². The van der Waals surface area contributed by atoms with E-state index in [4.69, 9.17) is 40.6 Å². The number of fused-ring (bicyclic) bond motifs is 1. The number of benzene rings is 1. The first-order valence-corrected chi connectivity index (χ1v) is 14.9. The lowest BCUT2D eigenvalue weighted by Gasteiger charge is -2.32. The summed E-state index contributed by atoms with van der Waals surface area (Å²) in [7, 11) is -4.37. The van der Waals surface area contributed by atoms with Gasteiger partial charge in [-0.1, -0.05) is 18.2 Å². The summed E-state index contributed by atoms with van der Waals surface area (Å²) in [5, 5.41) is 12.9. The molecule has 0 bridgehead atoms. The fourth-order valence-corrected chi connectivity index (χ4v) is 6.50. The minimum atomic E-state index is -4.37. The Hall–Kier alpha value is -3.00. The number of hydrogen-bond donors (Lipinski definition) is 3. The molecule has 14 nitrogen and oxygen atoms in total. The fourth-order valence-electron chi connectivity index (χ4n) is 4.31. The quantitative estimate of drug-likeness (QED) is 0.154. The molecule has 4 rings (SSSR count). The summed E-state index contributed by atoms with van der Waals surface area (Å²) < 4.78 is 44.5. The minimum Gasteiger partial charge on any atom is -0.476 e. The Balaban J connectivity index is 1.69. The minimum absolute atomic E-state index is 0.0595. The number of alkyl halides is 1. The van der Waals surface area contributed by atoms with Crippen LogP contribution in [0.1, 0.15) is 40.8 Å². The molecule has 3 aromatic rings. The molecular weight excluding hydrogens is 579 g/mol. The number of nitrogens with two attached hydrogens (primary N) is 1. The van der Waals surface area contributed by atoms with Crippen LogP contribution < -0.4 is 20.1 Å². The van der Waals surface area contributed by atoms with E-state index in [9.17, 15) is 14.5 Å². The molecule has 0 saturated carbocycles. The van der Waals surface area contributed by atoms with Crippen molar-refractivity contribution in [3.8, 4) is 11.6 Å². The number of nitrogens with zero attached hydrogens (tertiary/aromatic N) is 4. The number of nitrogen functional groups attached to an aromatic ring is 1. The second kappa shape index (κ2) is 12.5. The van der Waals surface area contributed by atoms with Crippen LogP contribution in [-0.2, 0) is 23.4 Å². The predicted octanol–water partition coefficient (Wildman–Crippen LogP) is 3.20. The molecule has 41 heavy (non-hydrogen) atoms. The summed E-state index contributed by atoms with van der Waals surface area (Å²) in [4.78, 5) is 23.8. The molecule has 1 aromatic carbocycles. The summed E-state index contributed by atoms with van der Waals surface area (Å²) in [6.07, 6.45) is -2.31. The van der Waals surface area contributed by atoms with Crippen molar-refractivity contribution in [3.05, 3.63) is 36.7 Å². The van der Waals surface area contributed by atoms with Crippen molar-refractivity contribution in [3.63, 3.8) is 0 Å². The number of esters is 1. The van der Waals surface area contributed by atoms with Crippen molar-refractivity contribution < 1.29 is 37.7 Å². The second-order valence-corrected chi connectivity index (χ2v) is 12.2. The zero-order valence-electron chi connectivity index (χ0n) is 23.3. The Kier molecular flexibility index (Phi) is 9.42. The van der Waals surface area contributed by atoms with E-state index in [0.717, 1.165) is 0 Å². The molecular formula is C25H34ClN6O8P. The number of nitrogens with one attached hydrogen (secondary N) is 1. The van der Waals surface area contributed by atoms with E-state index in [1.807, 2.05) is 0 Å². The Morgan fingerprint density at radius 3 is 2.63 bits per heavy atom. The van der Waals surface area contributed by atoms with Gasteiger partial charge in [0.1, 0.15) is 28.9 Å². The highest BCUT2D eigenvalue weighted by molar-refractivity contribution is 7.52. The van der Waals surface area contributed by atoms with Gasteiger partial charge in [-0.15, -0.1) is 11.6 Å². The molecule has 1 saturated heterocycles. The molecule has 1 unspecified atom stereocenters. The number of imidazole rings is 1. The maximum atomic E-state index is 14.2. The fraction of sp³-hybridized carbons (Fsp3) is 0.520. The molecule has 224 valence electrons. The van der Waals surface area contributed by atoms with Gasteiger partial charge in [0, 0.05) is 0 Å². The molecule has 16 heteroatoms. The first-order valence-electron chi connectivity index (χ1n) is 13.0. The molecule has 3 heterocycles. The largest absolute Gasteiger partial charge is 0.476 e. The van der Waals surface area contributed by atoms with Gasteiger partial charge in [0.2, 0.25) is 11.8 Å². The first kappa shape index (κ1) is 30.9. The number of rotatable bonds is 12. The third-order valence-electron chi connectivity index (χ3n) is 6.08. The van der Waals surface area contributed by atoms with Crippen LogP contribution in [0.4, 0.5) is 5.95 Å². The molecule has 1 fully saturated rings. The lowest BCUT2D eigenvalue weighted by molar-refractivity contribution is -0.149. The van der Waals surface area contributed by atoms with E-state index in [2.05, 4.69) is 20.0 Å². The van der Waals surface area contributed by atoms with Crippen molar-refractivity contribution in [1.82, 2.24) is 24.6 Å². The average Bonchev–Trinajstić information content (AvgIpc) is 3.41. The molecule has 4 N–H and O–H groups in total. The average molecular weight is 613 g/mol. The van der Waals surface area contributed by atoms with Crippen LogP contribution in [0.2, 0.25) is 0 Å². The molecule has 0 aliphatic carbocycles. The van der Waals surface area contributed by atoms with Crippen LogP contribution in [0.5, 0.6) is 11.6 Å². The Morgan fingerprint density at radius 1 is 1.29 bits per heavy atom. The number of carbonyl (C=O) groups excluding carboxylic acids is 1. The van der Waals surface area contributed by atoms with Gasteiger partial charge < -0.3 is 29.6 Å². The number of anilines is 1. The van der Waals surface area contributed by atoms with Crippen LogP contribution in [0, 0.1) is 0 Å². The number of ether oxygens (including phenoxy) is 3. The number of aliphatic hydroxyl groups excluding tert-OH is 1. The zero-order chi connectivity index (χ0) is 29.9. The number of carbonyl (C=O) groups is 1. The molecule has 2 aromatic heterocycles. The van der Waals surface area contributed by atoms with E-state index < -0.39 is 55.8 Å². The number of hydrogen-bond acceptors (Lipinski definition) is 12. The smallest absolute Gasteiger partial charge is 0.459 e. The number of aliphatic hydroxyl groups is 1. The highest BCUT2D eigenvalue weighted by Gasteiger charge is 2.57. The third-order valence-corrected chi connectivity index (χ3v) is 8.14. The summed E-state index contributed by atoms with van der Waals surface area (Å²) in [6.45, 7) is 7.99. The second-order valence-electron chi connectivity index (χ2n) is 9.77. The van der Waals surface area contributed by atoms with E-state index in [-0.39, 0.29) is 23.2 Å². The lowest BCUT2D eigenvalue weighted by Crippen LogP contribution is -2.44. The SMILES string of the molecule is CCOc1nc(N)nc2c1ncn2[C@@H]1O[C@H](CO)[C@@H](OP(=O)(N[C@H](C)C(=O)OC(C)C)Oc2ccccc2)[C@@]1(C)Cl. The standard InChI is InChI=1S/C25H34ClN6O8P/c1-6-36-21-18-20(29-24(27)30-21)32(13-28-18)23-25(5,26)19(17(12-33)38-23)40-41(35,39-16-10-8-7-9-11-16)31-15(4)22(34)37-14(2)3/h7-11,13-15,17,19,23,33H,6,12H2,1-5H3,(H,31,35)(H2,27,29,30)/t15-,17-,19-,23-,25-,41?/m1/s1. The summed E-state index contributed by atoms with van der Waals surface area (Å²) in [5.41, 5.74) is 6.49. The lowest BCUT2D eigenvalue weighted by atomic mass is 10.0. The van der Waals surface area contributed by atoms with Crippen LogP contribution in [0.3, 0.4) is 0 Å². The van der Waals surface area contributed by atoms with Gasteiger partial charge in [-0.2, -0.15) is 15.1 Å². The predicted molar refractivity (Wildman–Crippen MR) is 150 cm³/mol. The van der Waals surface area contributed by atoms with Gasteiger partial charge in [-0.25, -0.2) is 9.55 Å². The maximum Gasteiger partial charge on any atom is 0.459 e. The van der Waals surface area contributed by atoms with Crippen molar-refractivity contribution in [1.29, 1.82) is 0 Å². The highest BCUT2D eigenvalue weighted by atomic mass is 35.5. The Morgan fingerprint density at radius 2 is 2.00 bits per heavy atom. The number of para-hydroxylation sites is 1. The molecule has 1 aliphatic heterocycles. The number of halogens is 1. The zero-order valence-corrected chi connectivity index (χ0v) is 24.9. The summed E-state index contributed by atoms with van der Waals surface area (Å²) in [6, 6.07) is 7.18. The molecule has 0 spiro atoms. The van der Waals surface area contributed by atoms with Gasteiger partial charge >= 0.3 is 13.7 Å². The molecule has 6 atom stereocenters. The summed E-state index contributed by atoms with van der Waals surface area (Å²) >= 11 is 7.07. The van der Waals surface area contributed by atoms with Crippen LogP contribution in [0.15, 0.2) is 36.7 Å². The number of aromatic nitrogens is 4. The van der Waals surface area contributed by atoms with E-state index in [0.29, 0.717) is 12.1 Å². The van der Waals surface area contributed by atoms with Gasteiger partial charge in [0.15, 0.2) is 17.4 Å². The van der Waals surface area contributed by atoms with E-state index in [1.54, 1.807) is 58.0 Å². The normalized spacial score (nSPS) is 24.7. The maximum absolute atomic E-state index is 14.2. The molecule has 0 amide bonds. The first-order chi connectivity index (χ1) is 19.4. The van der Waals surface area contributed by atoms with Gasteiger partial charge in [0.05, 0.1) is 25.6 Å². The van der Waals surface area contributed by atoms with Crippen molar-refractivity contribution in [2.45, 2.75) is 70.1 Å². The third kappa shape index (κ3) is 6.74. The topological polar surface area (TPSA) is 182 Å². The highest BCUT2D eigenvalue weighted by Crippen LogP contribution is 2.54. The van der Waals surface area contributed by atoms with Gasteiger partial charge in [-0.05, 0) is 46.8 Å². The molecule has 1 aliphatic rings. The van der Waals surface area contributed by atoms with E-state index >= 15 is 0 Å². The monoisotopic (exact) mass is 612 g/mol. The Labute approximate surface area is 242 Å². The van der Waals surface area contributed by atoms with E-state index in [1.165, 1.54) is 17.8 Å². The van der Waals surface area contributed by atoms with Crippen molar-refractivity contribution in [2.24, 2.45) is 0 Å². The van der Waals surface area contributed by atoms with Crippen molar-refractivity contribution in [2.75, 3.05) is 18.9 Å². The van der Waals surface area contributed by atoms with Gasteiger partial charge in [0.25, 0.3) is 0 Å². The summed E-state index contributed by atoms with van der Waals surface area (Å²) in [5.74, 6) is -0.339. The van der Waals surface area contributed by atoms with Crippen molar-refractivity contribution >= 4 is 42.4 Å². The molecule has 0 radical (unpaired) electrons. The van der Waals surface area contributed by atoms with Crippen LogP contribution in [0.25, 0.3) is 11.2 Å².